The summed E-state index contributed by atoms with van der Waals surface area (Å²) < 4.78 is 0. The lowest BCUT2D eigenvalue weighted by molar-refractivity contribution is -0.138. The zero-order chi connectivity index (χ0) is 43.8. The number of aromatic nitrogens is 6. The summed E-state index contributed by atoms with van der Waals surface area (Å²) in [4.78, 5) is 54.8. The molecule has 12 heteroatoms. The van der Waals surface area contributed by atoms with E-state index in [0.29, 0.717) is 37.3 Å². The number of carboxylic acids is 2. The number of aryl methyl sites for hydroxylation is 3. The molecule has 0 spiro atoms. The molecule has 6 aromatic rings. The van der Waals surface area contributed by atoms with Gasteiger partial charge in [0.05, 0.1) is 0 Å². The topological polar surface area (TPSA) is 158 Å². The van der Waals surface area contributed by atoms with E-state index in [9.17, 15) is 9.59 Å². The molecule has 8 rings (SSSR count). The van der Waals surface area contributed by atoms with Crippen LogP contribution in [-0.2, 0) is 54.5 Å². The number of rotatable bonds is 16. The van der Waals surface area contributed by atoms with Crippen LogP contribution in [0.4, 0.5) is 11.6 Å². The van der Waals surface area contributed by atoms with Crippen LogP contribution >= 0.6 is 0 Å². The SMILES string of the molecule is CCCCCc1ccnc(-c2nc(CCCC(=O)O)cc(N3CCc4ccccc4CC3)n2)c1.O=C(O)CCCc1cc(N2CCc3ccccc3CC2)nc(-c2ccccn2)n1. The van der Waals surface area contributed by atoms with Crippen LogP contribution < -0.4 is 9.80 Å². The number of aliphatic carboxylic acids is 2. The summed E-state index contributed by atoms with van der Waals surface area (Å²) in [5.41, 5.74) is 10.1. The maximum Gasteiger partial charge on any atom is 0.303 e. The summed E-state index contributed by atoms with van der Waals surface area (Å²) in [6, 6.07) is 31.2. The third-order valence-corrected chi connectivity index (χ3v) is 11.7. The number of benzene rings is 2. The second kappa shape index (κ2) is 22.5. The Labute approximate surface area is 370 Å². The van der Waals surface area contributed by atoms with Crippen molar-refractivity contribution in [2.75, 3.05) is 36.0 Å². The van der Waals surface area contributed by atoms with Crippen LogP contribution in [0.1, 0.15) is 91.1 Å². The van der Waals surface area contributed by atoms with Crippen molar-refractivity contribution < 1.29 is 19.8 Å². The quantitative estimate of drug-likeness (QED) is 0.0894. The standard InChI is InChI=1S/C28H34N4O2.C23H24N4O2/c1-2-3-4-8-21-13-16-29-25(19-21)28-30-24(11-7-12-27(33)34)20-26(31-28)32-17-14-22-9-5-6-10-23(22)15-18-32;28-22(29)10-5-8-19-16-21(26-23(25-19)20-9-3-4-13-24-20)27-14-11-17-6-1-2-7-18(17)12-15-27/h5-6,9-10,13,16,19-20H,2-4,7-8,11-12,14-15,17-18H2,1H3,(H,33,34);1-4,6-7,9,13,16H,5,8,10-12,14-15H2,(H,28,29). The highest BCUT2D eigenvalue weighted by Crippen LogP contribution is 2.26. The zero-order valence-corrected chi connectivity index (χ0v) is 36.3. The van der Waals surface area contributed by atoms with Crippen LogP contribution in [-0.4, -0.2) is 78.2 Å². The van der Waals surface area contributed by atoms with Gasteiger partial charge < -0.3 is 20.0 Å². The van der Waals surface area contributed by atoms with Gasteiger partial charge in [-0.3, -0.25) is 19.6 Å². The van der Waals surface area contributed by atoms with Gasteiger partial charge in [-0.25, -0.2) is 19.9 Å². The van der Waals surface area contributed by atoms with Crippen molar-refractivity contribution in [3.63, 3.8) is 0 Å². The first-order valence-electron chi connectivity index (χ1n) is 22.5. The Bertz CT molecular complexity index is 2390. The zero-order valence-electron chi connectivity index (χ0n) is 36.3. The molecule has 2 aromatic carbocycles. The van der Waals surface area contributed by atoms with E-state index in [1.165, 1.54) is 40.7 Å². The molecule has 2 N–H and O–H groups in total. The van der Waals surface area contributed by atoms with Crippen molar-refractivity contribution in [1.29, 1.82) is 0 Å². The largest absolute Gasteiger partial charge is 0.481 e. The summed E-state index contributed by atoms with van der Waals surface area (Å²) in [6.07, 6.45) is 14.7. The Morgan fingerprint density at radius 3 is 1.46 bits per heavy atom. The van der Waals surface area contributed by atoms with Gasteiger partial charge in [0, 0.05) is 74.9 Å². The molecular formula is C51H58N8O4. The molecule has 2 aliphatic rings. The van der Waals surface area contributed by atoms with Crippen LogP contribution in [0.25, 0.3) is 23.0 Å². The summed E-state index contributed by atoms with van der Waals surface area (Å²) in [5, 5.41) is 18.0. The van der Waals surface area contributed by atoms with Crippen LogP contribution in [0.2, 0.25) is 0 Å². The Kier molecular flexibility index (Phi) is 15.9. The molecular weight excluding hydrogens is 789 g/mol. The van der Waals surface area contributed by atoms with Crippen molar-refractivity contribution in [1.82, 2.24) is 29.9 Å². The Hall–Kier alpha value is -6.56. The number of anilines is 2. The number of hydrogen-bond acceptors (Lipinski definition) is 10. The lowest BCUT2D eigenvalue weighted by Gasteiger charge is -2.22. The van der Waals surface area contributed by atoms with Crippen molar-refractivity contribution in [2.24, 2.45) is 0 Å². The number of carbonyl (C=O) groups is 2. The van der Waals surface area contributed by atoms with Gasteiger partial charge in [0.25, 0.3) is 0 Å². The molecule has 0 saturated carbocycles. The van der Waals surface area contributed by atoms with E-state index >= 15 is 0 Å². The van der Waals surface area contributed by atoms with E-state index in [1.807, 2.05) is 36.5 Å². The van der Waals surface area contributed by atoms with Crippen molar-refractivity contribution in [2.45, 2.75) is 96.8 Å². The fourth-order valence-corrected chi connectivity index (χ4v) is 8.24. The van der Waals surface area contributed by atoms with E-state index in [2.05, 4.69) is 92.3 Å². The Morgan fingerprint density at radius 2 is 1.00 bits per heavy atom. The highest BCUT2D eigenvalue weighted by Gasteiger charge is 2.20. The lowest BCUT2D eigenvalue weighted by atomic mass is 10.0. The molecule has 6 heterocycles. The van der Waals surface area contributed by atoms with E-state index < -0.39 is 11.9 Å². The van der Waals surface area contributed by atoms with Gasteiger partial charge in [-0.05, 0) is 116 Å². The number of fused-ring (bicyclic) bond motifs is 2. The summed E-state index contributed by atoms with van der Waals surface area (Å²) in [5.74, 6) is 1.45. The molecule has 63 heavy (non-hydrogen) atoms. The van der Waals surface area contributed by atoms with Crippen LogP contribution in [0.5, 0.6) is 0 Å². The summed E-state index contributed by atoms with van der Waals surface area (Å²) >= 11 is 0. The monoisotopic (exact) mass is 846 g/mol. The van der Waals surface area contributed by atoms with Crippen LogP contribution in [0.15, 0.2) is 103 Å². The van der Waals surface area contributed by atoms with Gasteiger partial charge in [-0.1, -0.05) is 74.4 Å². The molecule has 12 nitrogen and oxygen atoms in total. The van der Waals surface area contributed by atoms with Gasteiger partial charge in [-0.15, -0.1) is 0 Å². The maximum atomic E-state index is 11.0. The molecule has 326 valence electrons. The molecule has 0 atom stereocenters. The lowest BCUT2D eigenvalue weighted by Crippen LogP contribution is -2.27. The van der Waals surface area contributed by atoms with Gasteiger partial charge >= 0.3 is 11.9 Å². The highest BCUT2D eigenvalue weighted by atomic mass is 16.4. The Balaban J connectivity index is 0.000000191. The second-order valence-corrected chi connectivity index (χ2v) is 16.3. The number of unbranched alkanes of at least 4 members (excludes halogenated alkanes) is 2. The van der Waals surface area contributed by atoms with Crippen molar-refractivity contribution >= 4 is 23.6 Å². The first-order valence-corrected chi connectivity index (χ1v) is 22.5. The normalized spacial score (nSPS) is 13.5. The average Bonchev–Trinajstić information content (AvgIpc) is 3.67. The minimum atomic E-state index is -0.783. The van der Waals surface area contributed by atoms with Crippen LogP contribution in [0.3, 0.4) is 0 Å². The molecule has 4 aromatic heterocycles. The fourth-order valence-electron chi connectivity index (χ4n) is 8.24. The van der Waals surface area contributed by atoms with E-state index in [1.54, 1.807) is 6.20 Å². The van der Waals surface area contributed by atoms with Crippen LogP contribution in [0, 0.1) is 0 Å². The number of carboxylic acid groups (broad SMARTS) is 2. The van der Waals surface area contributed by atoms with Gasteiger partial charge in [0.15, 0.2) is 11.6 Å². The Morgan fingerprint density at radius 1 is 0.524 bits per heavy atom. The molecule has 2 aliphatic heterocycles. The summed E-state index contributed by atoms with van der Waals surface area (Å²) in [7, 11) is 0. The van der Waals surface area contributed by atoms with E-state index in [0.717, 1.165) is 99.1 Å². The minimum Gasteiger partial charge on any atom is -0.481 e. The highest BCUT2D eigenvalue weighted by molar-refractivity contribution is 5.67. The van der Waals surface area contributed by atoms with Crippen molar-refractivity contribution in [3.8, 4) is 23.0 Å². The fraction of sp³-hybridized carbons (Fsp3) is 0.373. The van der Waals surface area contributed by atoms with E-state index in [-0.39, 0.29) is 12.8 Å². The second-order valence-electron chi connectivity index (χ2n) is 16.3. The molecule has 0 fully saturated rings. The molecule has 0 saturated heterocycles. The predicted octanol–water partition coefficient (Wildman–Crippen LogP) is 8.83. The first-order chi connectivity index (χ1) is 30.8. The number of pyridine rings is 2. The summed E-state index contributed by atoms with van der Waals surface area (Å²) in [6.45, 7) is 5.79. The number of hydrogen-bond donors (Lipinski definition) is 2. The number of nitrogens with zero attached hydrogens (tertiary/aromatic N) is 8. The molecule has 0 aliphatic carbocycles. The maximum absolute atomic E-state index is 11.0. The molecule has 0 bridgehead atoms. The van der Waals surface area contributed by atoms with E-state index in [4.69, 9.17) is 25.2 Å². The minimum absolute atomic E-state index is 0.136. The third kappa shape index (κ3) is 13.0. The van der Waals surface area contributed by atoms with Gasteiger partial charge in [-0.2, -0.15) is 0 Å². The third-order valence-electron chi connectivity index (χ3n) is 11.7. The van der Waals surface area contributed by atoms with Crippen molar-refractivity contribution in [3.05, 3.63) is 143 Å². The van der Waals surface area contributed by atoms with Gasteiger partial charge in [0.2, 0.25) is 0 Å². The molecule has 0 radical (unpaired) electrons. The predicted molar refractivity (Wildman–Crippen MR) is 247 cm³/mol. The average molecular weight is 847 g/mol. The van der Waals surface area contributed by atoms with Gasteiger partial charge in [0.1, 0.15) is 23.0 Å². The molecule has 0 unspecified atom stereocenters. The smallest absolute Gasteiger partial charge is 0.303 e. The first kappa shape index (κ1) is 44.5. The molecule has 0 amide bonds.